The second-order valence-electron chi connectivity index (χ2n) is 4.34. The van der Waals surface area contributed by atoms with Crippen LogP contribution < -0.4 is 5.73 Å². The van der Waals surface area contributed by atoms with Gasteiger partial charge in [-0.25, -0.2) is 0 Å². The van der Waals surface area contributed by atoms with Gasteiger partial charge in [0, 0.05) is 19.1 Å². The Morgan fingerprint density at radius 2 is 2.08 bits per heavy atom. The molecule has 0 aromatic carbocycles. The van der Waals surface area contributed by atoms with Gasteiger partial charge in [-0.15, -0.1) is 0 Å². The normalized spacial score (nSPS) is 25.4. The van der Waals surface area contributed by atoms with Crippen molar-refractivity contribution in [2.45, 2.75) is 45.6 Å². The van der Waals surface area contributed by atoms with Crippen LogP contribution in [0.1, 0.15) is 39.5 Å². The second-order valence-corrected chi connectivity index (χ2v) is 4.34. The fraction of sp³-hybridized carbons (Fsp3) is 1.00. The van der Waals surface area contributed by atoms with Crippen LogP contribution in [0, 0.1) is 5.92 Å². The molecule has 0 radical (unpaired) electrons. The van der Waals surface area contributed by atoms with E-state index in [1.807, 2.05) is 0 Å². The van der Waals surface area contributed by atoms with Gasteiger partial charge < -0.3 is 10.6 Å². The van der Waals surface area contributed by atoms with Crippen LogP contribution in [0.4, 0.5) is 0 Å². The summed E-state index contributed by atoms with van der Waals surface area (Å²) in [5.74, 6) is 0.880. The minimum Gasteiger partial charge on any atom is -0.327 e. The number of piperidine rings is 1. The first-order chi connectivity index (χ1) is 6.26. The Morgan fingerprint density at radius 3 is 2.62 bits per heavy atom. The summed E-state index contributed by atoms with van der Waals surface area (Å²) in [5, 5.41) is 0. The van der Waals surface area contributed by atoms with Gasteiger partial charge in [0.25, 0.3) is 0 Å². The average molecular weight is 184 g/mol. The van der Waals surface area contributed by atoms with Crippen LogP contribution in [0.2, 0.25) is 0 Å². The Balaban J connectivity index is 2.26. The van der Waals surface area contributed by atoms with E-state index in [-0.39, 0.29) is 0 Å². The van der Waals surface area contributed by atoms with Crippen molar-refractivity contribution in [3.05, 3.63) is 0 Å². The third kappa shape index (κ3) is 3.65. The van der Waals surface area contributed by atoms with Crippen LogP contribution in [0.15, 0.2) is 0 Å². The Hall–Kier alpha value is -0.0800. The summed E-state index contributed by atoms with van der Waals surface area (Å²) >= 11 is 0. The van der Waals surface area contributed by atoms with Gasteiger partial charge in [-0.2, -0.15) is 0 Å². The van der Waals surface area contributed by atoms with E-state index in [1.165, 1.54) is 38.8 Å². The van der Waals surface area contributed by atoms with Gasteiger partial charge in [0.1, 0.15) is 0 Å². The molecule has 0 aliphatic carbocycles. The third-order valence-electron chi connectivity index (χ3n) is 3.21. The highest BCUT2D eigenvalue weighted by molar-refractivity contribution is 4.76. The lowest BCUT2D eigenvalue weighted by atomic mass is 10.00. The maximum atomic E-state index is 5.94. The highest BCUT2D eigenvalue weighted by Crippen LogP contribution is 2.14. The Bertz CT molecular complexity index is 132. The molecular weight excluding hydrogens is 160 g/mol. The molecule has 2 heteroatoms. The molecule has 0 aromatic rings. The molecule has 1 saturated heterocycles. The third-order valence-corrected chi connectivity index (χ3v) is 3.21. The molecule has 2 nitrogen and oxygen atoms in total. The van der Waals surface area contributed by atoms with Gasteiger partial charge in [-0.05, 0) is 25.3 Å². The predicted molar refractivity (Wildman–Crippen MR) is 57.7 cm³/mol. The molecule has 1 aliphatic rings. The van der Waals surface area contributed by atoms with E-state index in [0.29, 0.717) is 6.04 Å². The van der Waals surface area contributed by atoms with Crippen molar-refractivity contribution in [3.8, 4) is 0 Å². The lowest BCUT2D eigenvalue weighted by molar-refractivity contribution is 0.176. The first-order valence-electron chi connectivity index (χ1n) is 5.74. The summed E-state index contributed by atoms with van der Waals surface area (Å²) in [5.41, 5.74) is 5.94. The van der Waals surface area contributed by atoms with Crippen LogP contribution in [-0.2, 0) is 0 Å². The molecule has 13 heavy (non-hydrogen) atoms. The van der Waals surface area contributed by atoms with Crippen molar-refractivity contribution in [1.29, 1.82) is 0 Å². The van der Waals surface area contributed by atoms with Crippen LogP contribution >= 0.6 is 0 Å². The SMILES string of the molecule is CCC(CC)CN1CCCC(N)C1. The number of hydrogen-bond donors (Lipinski definition) is 1. The van der Waals surface area contributed by atoms with Gasteiger partial charge in [-0.3, -0.25) is 0 Å². The molecule has 1 atom stereocenters. The minimum absolute atomic E-state index is 0.433. The average Bonchev–Trinajstić information content (AvgIpc) is 2.14. The van der Waals surface area contributed by atoms with Crippen molar-refractivity contribution in [1.82, 2.24) is 4.90 Å². The molecule has 2 N–H and O–H groups in total. The van der Waals surface area contributed by atoms with Crippen molar-refractivity contribution < 1.29 is 0 Å². The monoisotopic (exact) mass is 184 g/mol. The Kier molecular flexibility index (Phi) is 4.74. The van der Waals surface area contributed by atoms with Crippen LogP contribution in [0.3, 0.4) is 0 Å². The largest absolute Gasteiger partial charge is 0.327 e. The number of rotatable bonds is 4. The first kappa shape index (κ1) is 11.0. The van der Waals surface area contributed by atoms with Gasteiger partial charge in [-0.1, -0.05) is 26.7 Å². The fourth-order valence-electron chi connectivity index (χ4n) is 2.17. The second kappa shape index (κ2) is 5.61. The molecule has 0 aromatic heterocycles. The number of hydrogen-bond acceptors (Lipinski definition) is 2. The zero-order chi connectivity index (χ0) is 9.68. The van der Waals surface area contributed by atoms with Crippen molar-refractivity contribution in [3.63, 3.8) is 0 Å². The number of likely N-dealkylation sites (tertiary alicyclic amines) is 1. The molecule has 1 unspecified atom stereocenters. The van der Waals surface area contributed by atoms with E-state index in [2.05, 4.69) is 18.7 Å². The summed E-state index contributed by atoms with van der Waals surface area (Å²) in [4.78, 5) is 2.55. The van der Waals surface area contributed by atoms with Gasteiger partial charge in [0.05, 0.1) is 0 Å². The lowest BCUT2D eigenvalue weighted by Crippen LogP contribution is -2.44. The maximum absolute atomic E-state index is 5.94. The summed E-state index contributed by atoms with van der Waals surface area (Å²) in [6, 6.07) is 0.433. The fourth-order valence-corrected chi connectivity index (χ4v) is 2.17. The quantitative estimate of drug-likeness (QED) is 0.722. The summed E-state index contributed by atoms with van der Waals surface area (Å²) in [6.45, 7) is 8.23. The molecule has 0 saturated carbocycles. The van der Waals surface area contributed by atoms with E-state index < -0.39 is 0 Å². The summed E-state index contributed by atoms with van der Waals surface area (Å²) < 4.78 is 0. The molecular formula is C11H24N2. The van der Waals surface area contributed by atoms with Crippen molar-refractivity contribution in [2.24, 2.45) is 11.7 Å². The van der Waals surface area contributed by atoms with Crippen LogP contribution in [0.25, 0.3) is 0 Å². The molecule has 1 fully saturated rings. The number of nitrogens with two attached hydrogens (primary N) is 1. The van der Waals surface area contributed by atoms with Gasteiger partial charge in [0.2, 0.25) is 0 Å². The highest BCUT2D eigenvalue weighted by Gasteiger charge is 2.18. The van der Waals surface area contributed by atoms with E-state index in [0.717, 1.165) is 12.5 Å². The van der Waals surface area contributed by atoms with Crippen molar-refractivity contribution >= 4 is 0 Å². The maximum Gasteiger partial charge on any atom is 0.0168 e. The molecule has 0 spiro atoms. The molecule has 0 amide bonds. The summed E-state index contributed by atoms with van der Waals surface area (Å²) in [6.07, 6.45) is 5.13. The van der Waals surface area contributed by atoms with E-state index in [4.69, 9.17) is 5.73 Å². The molecule has 0 bridgehead atoms. The lowest BCUT2D eigenvalue weighted by Gasteiger charge is -2.33. The highest BCUT2D eigenvalue weighted by atomic mass is 15.1. The van der Waals surface area contributed by atoms with Crippen LogP contribution in [-0.4, -0.2) is 30.6 Å². The molecule has 78 valence electrons. The van der Waals surface area contributed by atoms with Gasteiger partial charge in [0.15, 0.2) is 0 Å². The Labute approximate surface area is 82.5 Å². The topological polar surface area (TPSA) is 29.3 Å². The first-order valence-corrected chi connectivity index (χ1v) is 5.74. The minimum atomic E-state index is 0.433. The van der Waals surface area contributed by atoms with Crippen molar-refractivity contribution in [2.75, 3.05) is 19.6 Å². The Morgan fingerprint density at radius 1 is 1.38 bits per heavy atom. The number of nitrogens with zero attached hydrogens (tertiary/aromatic N) is 1. The van der Waals surface area contributed by atoms with E-state index in [9.17, 15) is 0 Å². The zero-order valence-electron chi connectivity index (χ0n) is 9.13. The molecule has 1 rings (SSSR count). The summed E-state index contributed by atoms with van der Waals surface area (Å²) in [7, 11) is 0. The smallest absolute Gasteiger partial charge is 0.0168 e. The molecule has 1 heterocycles. The van der Waals surface area contributed by atoms with E-state index in [1.54, 1.807) is 0 Å². The molecule has 1 aliphatic heterocycles. The standard InChI is InChI=1S/C11H24N2/c1-3-10(4-2)8-13-7-5-6-11(12)9-13/h10-11H,3-9,12H2,1-2H3. The van der Waals surface area contributed by atoms with Gasteiger partial charge >= 0.3 is 0 Å². The zero-order valence-corrected chi connectivity index (χ0v) is 9.13. The van der Waals surface area contributed by atoms with E-state index >= 15 is 0 Å². The van der Waals surface area contributed by atoms with Crippen LogP contribution in [0.5, 0.6) is 0 Å². The predicted octanol–water partition coefficient (Wildman–Crippen LogP) is 1.85.